The lowest BCUT2D eigenvalue weighted by Gasteiger charge is -2.25. The quantitative estimate of drug-likeness (QED) is 0.599. The van der Waals surface area contributed by atoms with Gasteiger partial charge in [0.15, 0.2) is 0 Å². The van der Waals surface area contributed by atoms with E-state index in [1.54, 1.807) is 35.1 Å². The number of amides is 1. The van der Waals surface area contributed by atoms with Crippen molar-refractivity contribution in [2.45, 2.75) is 25.9 Å². The van der Waals surface area contributed by atoms with Crippen molar-refractivity contribution in [3.63, 3.8) is 0 Å². The van der Waals surface area contributed by atoms with E-state index >= 15 is 0 Å². The zero-order valence-corrected chi connectivity index (χ0v) is 12.4. The van der Waals surface area contributed by atoms with Crippen LogP contribution in [0.5, 0.6) is 0 Å². The molecule has 0 radical (unpaired) electrons. The van der Waals surface area contributed by atoms with Crippen LogP contribution in [0.25, 0.3) is 0 Å². The first-order valence-corrected chi connectivity index (χ1v) is 6.81. The molecular weight excluding hydrogens is 286 g/mol. The van der Waals surface area contributed by atoms with Gasteiger partial charge in [-0.05, 0) is 12.5 Å². The summed E-state index contributed by atoms with van der Waals surface area (Å²) in [6.07, 6.45) is 3.26. The van der Waals surface area contributed by atoms with Crippen LogP contribution in [0.3, 0.4) is 0 Å². The van der Waals surface area contributed by atoms with Gasteiger partial charge in [-0.3, -0.25) is 19.6 Å². The molecule has 0 bridgehead atoms. The minimum absolute atomic E-state index is 0.0211. The van der Waals surface area contributed by atoms with Gasteiger partial charge in [0.05, 0.1) is 17.5 Å². The number of carbonyl (C=O) groups excluding carboxylic acids is 1. The maximum absolute atomic E-state index is 12.2. The number of nitro benzene ring substituents is 1. The predicted octanol–water partition coefficient (Wildman–Crippen LogP) is 1.80. The van der Waals surface area contributed by atoms with Crippen LogP contribution in [0.1, 0.15) is 24.9 Å². The maximum atomic E-state index is 12.2. The number of nitrogens with zero attached hydrogens (tertiary/aromatic N) is 5. The van der Waals surface area contributed by atoms with Gasteiger partial charge in [0, 0.05) is 25.6 Å². The van der Waals surface area contributed by atoms with E-state index in [4.69, 9.17) is 0 Å². The SMILES string of the molecule is CC(c1cccc([N+](=O)[O-])c1)N(C)C(=O)CCn1cncn1. The number of hydrogen-bond donors (Lipinski definition) is 0. The lowest BCUT2D eigenvalue weighted by molar-refractivity contribution is -0.384. The molecule has 0 aliphatic heterocycles. The van der Waals surface area contributed by atoms with Crippen molar-refractivity contribution in [1.82, 2.24) is 19.7 Å². The van der Waals surface area contributed by atoms with Gasteiger partial charge in [-0.15, -0.1) is 0 Å². The average Bonchev–Trinajstić information content (AvgIpc) is 3.04. The van der Waals surface area contributed by atoms with E-state index in [0.29, 0.717) is 13.0 Å². The van der Waals surface area contributed by atoms with E-state index in [0.717, 1.165) is 5.56 Å². The van der Waals surface area contributed by atoms with E-state index < -0.39 is 4.92 Å². The first kappa shape index (κ1) is 15.6. The number of benzene rings is 1. The molecule has 0 aliphatic carbocycles. The number of non-ortho nitro benzene ring substituents is 1. The normalized spacial score (nSPS) is 11.9. The second-order valence-electron chi connectivity index (χ2n) is 4.94. The van der Waals surface area contributed by atoms with Crippen LogP contribution in [0.15, 0.2) is 36.9 Å². The molecule has 1 heterocycles. The van der Waals surface area contributed by atoms with Crippen LogP contribution in [0.2, 0.25) is 0 Å². The molecule has 2 rings (SSSR count). The number of carbonyl (C=O) groups is 1. The third-order valence-electron chi connectivity index (χ3n) is 3.56. The zero-order chi connectivity index (χ0) is 16.1. The molecule has 8 nitrogen and oxygen atoms in total. The van der Waals surface area contributed by atoms with Crippen molar-refractivity contribution < 1.29 is 9.72 Å². The van der Waals surface area contributed by atoms with E-state index in [1.807, 2.05) is 6.92 Å². The Labute approximate surface area is 127 Å². The lowest BCUT2D eigenvalue weighted by atomic mass is 10.1. The molecule has 8 heteroatoms. The fourth-order valence-corrected chi connectivity index (χ4v) is 2.07. The Kier molecular flexibility index (Phi) is 4.82. The molecule has 2 aromatic rings. The van der Waals surface area contributed by atoms with Crippen molar-refractivity contribution in [1.29, 1.82) is 0 Å². The molecule has 1 atom stereocenters. The third-order valence-corrected chi connectivity index (χ3v) is 3.56. The first-order chi connectivity index (χ1) is 10.5. The van der Waals surface area contributed by atoms with Crippen molar-refractivity contribution in [3.05, 3.63) is 52.6 Å². The number of aryl methyl sites for hydroxylation is 1. The summed E-state index contributed by atoms with van der Waals surface area (Å²) in [4.78, 5) is 28.0. The number of nitro groups is 1. The molecule has 0 saturated carbocycles. The summed E-state index contributed by atoms with van der Waals surface area (Å²) in [5, 5.41) is 14.8. The molecule has 0 N–H and O–H groups in total. The Hall–Kier alpha value is -2.77. The van der Waals surface area contributed by atoms with Crippen LogP contribution in [0, 0.1) is 10.1 Å². The molecule has 0 fully saturated rings. The second kappa shape index (κ2) is 6.79. The van der Waals surface area contributed by atoms with Crippen molar-refractivity contribution in [2.24, 2.45) is 0 Å². The molecule has 0 aliphatic rings. The Morgan fingerprint density at radius 3 is 2.91 bits per heavy atom. The van der Waals surface area contributed by atoms with Crippen molar-refractivity contribution in [2.75, 3.05) is 7.05 Å². The summed E-state index contributed by atoms with van der Waals surface area (Å²) in [6.45, 7) is 2.29. The highest BCUT2D eigenvalue weighted by Gasteiger charge is 2.19. The molecule has 1 amide bonds. The van der Waals surface area contributed by atoms with E-state index in [-0.39, 0.29) is 17.6 Å². The summed E-state index contributed by atoms with van der Waals surface area (Å²) in [7, 11) is 1.69. The van der Waals surface area contributed by atoms with Gasteiger partial charge in [-0.25, -0.2) is 4.98 Å². The summed E-state index contributed by atoms with van der Waals surface area (Å²) >= 11 is 0. The van der Waals surface area contributed by atoms with Gasteiger partial charge in [-0.2, -0.15) is 5.10 Å². The van der Waals surface area contributed by atoms with Gasteiger partial charge in [-0.1, -0.05) is 12.1 Å². The van der Waals surface area contributed by atoms with E-state index in [9.17, 15) is 14.9 Å². The van der Waals surface area contributed by atoms with Crippen LogP contribution in [-0.2, 0) is 11.3 Å². The fourth-order valence-electron chi connectivity index (χ4n) is 2.07. The summed E-state index contributed by atoms with van der Waals surface area (Å²) < 4.78 is 1.59. The van der Waals surface area contributed by atoms with Gasteiger partial charge < -0.3 is 4.90 Å². The largest absolute Gasteiger partial charge is 0.339 e. The molecular formula is C14H17N5O3. The smallest absolute Gasteiger partial charge is 0.269 e. The topological polar surface area (TPSA) is 94.2 Å². The monoisotopic (exact) mass is 303 g/mol. The predicted molar refractivity (Wildman–Crippen MR) is 78.9 cm³/mol. The van der Waals surface area contributed by atoms with Crippen LogP contribution in [-0.4, -0.2) is 37.5 Å². The highest BCUT2D eigenvalue weighted by atomic mass is 16.6. The Morgan fingerprint density at radius 1 is 1.50 bits per heavy atom. The molecule has 116 valence electrons. The third kappa shape index (κ3) is 3.66. The van der Waals surface area contributed by atoms with Gasteiger partial charge in [0.2, 0.25) is 5.91 Å². The van der Waals surface area contributed by atoms with Crippen LogP contribution >= 0.6 is 0 Å². The minimum atomic E-state index is -0.442. The molecule has 1 unspecified atom stereocenters. The molecule has 1 aromatic carbocycles. The van der Waals surface area contributed by atoms with Crippen molar-refractivity contribution in [3.8, 4) is 0 Å². The Bertz CT molecular complexity index is 656. The minimum Gasteiger partial charge on any atom is -0.339 e. The summed E-state index contributed by atoms with van der Waals surface area (Å²) in [5.41, 5.74) is 0.749. The van der Waals surface area contributed by atoms with Crippen LogP contribution in [0.4, 0.5) is 5.69 Å². The van der Waals surface area contributed by atoms with E-state index in [2.05, 4.69) is 10.1 Å². The fraction of sp³-hybridized carbons (Fsp3) is 0.357. The average molecular weight is 303 g/mol. The summed E-state index contributed by atoms with van der Waals surface area (Å²) in [5.74, 6) is -0.0606. The van der Waals surface area contributed by atoms with Crippen molar-refractivity contribution >= 4 is 11.6 Å². The zero-order valence-electron chi connectivity index (χ0n) is 12.4. The number of hydrogen-bond acceptors (Lipinski definition) is 5. The highest BCUT2D eigenvalue weighted by molar-refractivity contribution is 5.76. The number of aromatic nitrogens is 3. The van der Waals surface area contributed by atoms with Crippen LogP contribution < -0.4 is 0 Å². The molecule has 0 saturated heterocycles. The maximum Gasteiger partial charge on any atom is 0.269 e. The Balaban J connectivity index is 2.01. The molecule has 0 spiro atoms. The van der Waals surface area contributed by atoms with Gasteiger partial charge in [0.1, 0.15) is 12.7 Å². The second-order valence-corrected chi connectivity index (χ2v) is 4.94. The van der Waals surface area contributed by atoms with Gasteiger partial charge >= 0.3 is 0 Å². The molecule has 1 aromatic heterocycles. The summed E-state index contributed by atoms with van der Waals surface area (Å²) in [6, 6.07) is 6.08. The molecule has 22 heavy (non-hydrogen) atoms. The first-order valence-electron chi connectivity index (χ1n) is 6.81. The Morgan fingerprint density at radius 2 is 2.27 bits per heavy atom. The lowest BCUT2D eigenvalue weighted by Crippen LogP contribution is -2.30. The van der Waals surface area contributed by atoms with E-state index in [1.165, 1.54) is 18.5 Å². The standard InChI is InChI=1S/C14H17N5O3/c1-11(12-4-3-5-13(8-12)19(21)22)17(2)14(20)6-7-18-10-15-9-16-18/h3-5,8-11H,6-7H2,1-2H3. The highest BCUT2D eigenvalue weighted by Crippen LogP contribution is 2.23. The van der Waals surface area contributed by atoms with Gasteiger partial charge in [0.25, 0.3) is 5.69 Å². The number of rotatable bonds is 6.